The molecule has 0 radical (unpaired) electrons. The fourth-order valence-electron chi connectivity index (χ4n) is 2.62. The van der Waals surface area contributed by atoms with Gasteiger partial charge in [-0.3, -0.25) is 4.90 Å². The molecule has 2 heterocycles. The third kappa shape index (κ3) is 3.60. The van der Waals surface area contributed by atoms with Gasteiger partial charge in [0.15, 0.2) is 5.03 Å². The Morgan fingerprint density at radius 1 is 1.13 bits per heavy atom. The first-order valence-corrected chi connectivity index (χ1v) is 9.11. The summed E-state index contributed by atoms with van der Waals surface area (Å²) in [5, 5.41) is 0.148. The van der Waals surface area contributed by atoms with E-state index in [1.165, 1.54) is 6.20 Å². The van der Waals surface area contributed by atoms with E-state index in [4.69, 9.17) is 4.74 Å². The van der Waals surface area contributed by atoms with Crippen molar-refractivity contribution in [3.8, 4) is 0 Å². The highest BCUT2D eigenvalue weighted by molar-refractivity contribution is 7.91. The normalized spacial score (nSPS) is 16.4. The molecule has 1 aromatic carbocycles. The lowest BCUT2D eigenvalue weighted by Crippen LogP contribution is -2.36. The summed E-state index contributed by atoms with van der Waals surface area (Å²) in [5.74, 6) is 0. The van der Waals surface area contributed by atoms with Crippen molar-refractivity contribution in [2.24, 2.45) is 0 Å². The maximum absolute atomic E-state index is 12.9. The van der Waals surface area contributed by atoms with E-state index in [-0.39, 0.29) is 9.92 Å². The summed E-state index contributed by atoms with van der Waals surface area (Å²) in [7, 11) is -3.61. The first-order valence-electron chi connectivity index (χ1n) is 7.63. The van der Waals surface area contributed by atoms with Crippen LogP contribution in [0.5, 0.6) is 0 Å². The van der Waals surface area contributed by atoms with Crippen molar-refractivity contribution in [3.05, 3.63) is 53.7 Å². The first-order chi connectivity index (χ1) is 11.1. The van der Waals surface area contributed by atoms with Gasteiger partial charge < -0.3 is 4.74 Å². The molecule has 0 spiro atoms. The summed E-state index contributed by atoms with van der Waals surface area (Å²) >= 11 is 0. The van der Waals surface area contributed by atoms with Gasteiger partial charge in [0, 0.05) is 31.4 Å². The minimum atomic E-state index is -3.61. The van der Waals surface area contributed by atoms with Crippen LogP contribution in [0.25, 0.3) is 0 Å². The Morgan fingerprint density at radius 3 is 2.52 bits per heavy atom. The van der Waals surface area contributed by atoms with E-state index in [0.29, 0.717) is 19.8 Å². The zero-order valence-electron chi connectivity index (χ0n) is 13.1. The summed E-state index contributed by atoms with van der Waals surface area (Å²) in [6, 6.07) is 10.5. The molecule has 0 amide bonds. The van der Waals surface area contributed by atoms with Crippen LogP contribution in [0.4, 0.5) is 0 Å². The van der Waals surface area contributed by atoms with E-state index in [0.717, 1.165) is 24.2 Å². The molecule has 122 valence electrons. The van der Waals surface area contributed by atoms with Crippen molar-refractivity contribution in [1.29, 1.82) is 0 Å². The van der Waals surface area contributed by atoms with E-state index >= 15 is 0 Å². The Kier molecular flexibility index (Phi) is 4.75. The number of aromatic nitrogens is 1. The molecule has 0 saturated carbocycles. The predicted octanol–water partition coefficient (Wildman–Crippen LogP) is 2.06. The number of hydrogen-bond donors (Lipinski definition) is 0. The summed E-state index contributed by atoms with van der Waals surface area (Å²) in [6.07, 6.45) is 1.53. The quantitative estimate of drug-likeness (QED) is 0.858. The highest BCUT2D eigenvalue weighted by atomic mass is 32.2. The standard InChI is InChI=1S/C17H20N2O3S/c1-14-4-6-16(7-5-14)23(20,21)17-15(3-2-8-18-17)13-19-9-11-22-12-10-19/h2-8H,9-13H2,1H3. The second kappa shape index (κ2) is 6.78. The van der Waals surface area contributed by atoms with Crippen LogP contribution in [0.1, 0.15) is 11.1 Å². The zero-order valence-corrected chi connectivity index (χ0v) is 13.9. The molecule has 1 fully saturated rings. The largest absolute Gasteiger partial charge is 0.379 e. The molecule has 1 aromatic heterocycles. The number of pyridine rings is 1. The van der Waals surface area contributed by atoms with Gasteiger partial charge in [0.05, 0.1) is 18.1 Å². The second-order valence-corrected chi connectivity index (χ2v) is 7.54. The van der Waals surface area contributed by atoms with Crippen molar-refractivity contribution in [2.75, 3.05) is 26.3 Å². The maximum atomic E-state index is 12.9. The number of aryl methyl sites for hydroxylation is 1. The van der Waals surface area contributed by atoms with Crippen LogP contribution >= 0.6 is 0 Å². The van der Waals surface area contributed by atoms with Crippen LogP contribution in [0.3, 0.4) is 0 Å². The van der Waals surface area contributed by atoms with Gasteiger partial charge in [-0.1, -0.05) is 23.8 Å². The molecule has 5 nitrogen and oxygen atoms in total. The number of hydrogen-bond acceptors (Lipinski definition) is 5. The molecule has 0 N–H and O–H groups in total. The van der Waals surface area contributed by atoms with Crippen LogP contribution in [-0.4, -0.2) is 44.6 Å². The van der Waals surface area contributed by atoms with E-state index in [9.17, 15) is 8.42 Å². The van der Waals surface area contributed by atoms with Gasteiger partial charge in [-0.25, -0.2) is 13.4 Å². The van der Waals surface area contributed by atoms with Crippen LogP contribution in [-0.2, 0) is 21.1 Å². The molecule has 1 saturated heterocycles. The number of rotatable bonds is 4. The van der Waals surface area contributed by atoms with E-state index in [1.54, 1.807) is 30.3 Å². The van der Waals surface area contributed by atoms with E-state index < -0.39 is 9.84 Å². The summed E-state index contributed by atoms with van der Waals surface area (Å²) in [4.78, 5) is 6.64. The molecule has 3 rings (SSSR count). The lowest BCUT2D eigenvalue weighted by atomic mass is 10.2. The zero-order chi connectivity index (χ0) is 16.3. The van der Waals surface area contributed by atoms with Gasteiger partial charge in [0.1, 0.15) is 0 Å². The summed E-state index contributed by atoms with van der Waals surface area (Å²) < 4.78 is 31.1. The topological polar surface area (TPSA) is 59.5 Å². The fraction of sp³-hybridized carbons (Fsp3) is 0.353. The van der Waals surface area contributed by atoms with Crippen LogP contribution in [0.15, 0.2) is 52.5 Å². The van der Waals surface area contributed by atoms with E-state index in [1.807, 2.05) is 13.0 Å². The number of nitrogens with zero attached hydrogens (tertiary/aromatic N) is 2. The number of benzene rings is 1. The Morgan fingerprint density at radius 2 is 1.83 bits per heavy atom. The minimum Gasteiger partial charge on any atom is -0.379 e. The number of sulfone groups is 1. The molecule has 0 bridgehead atoms. The fourth-order valence-corrected chi connectivity index (χ4v) is 4.01. The molecule has 0 unspecified atom stereocenters. The lowest BCUT2D eigenvalue weighted by molar-refractivity contribution is 0.0337. The third-order valence-electron chi connectivity index (χ3n) is 3.93. The SMILES string of the molecule is Cc1ccc(S(=O)(=O)c2ncccc2CN2CCOCC2)cc1. The molecule has 1 aliphatic rings. The molecule has 0 atom stereocenters. The molecule has 6 heteroatoms. The van der Waals surface area contributed by atoms with Gasteiger partial charge in [0.25, 0.3) is 0 Å². The van der Waals surface area contributed by atoms with Gasteiger partial charge in [-0.05, 0) is 25.1 Å². The summed E-state index contributed by atoms with van der Waals surface area (Å²) in [6.45, 7) is 5.47. The minimum absolute atomic E-state index is 0.148. The van der Waals surface area contributed by atoms with Gasteiger partial charge in [0.2, 0.25) is 9.84 Å². The highest BCUT2D eigenvalue weighted by Gasteiger charge is 2.24. The van der Waals surface area contributed by atoms with Gasteiger partial charge in [-0.2, -0.15) is 0 Å². The Bertz CT molecular complexity index is 767. The van der Waals surface area contributed by atoms with Crippen LogP contribution in [0, 0.1) is 6.92 Å². The summed E-state index contributed by atoms with van der Waals surface area (Å²) in [5.41, 5.74) is 1.76. The van der Waals surface area contributed by atoms with Crippen molar-refractivity contribution < 1.29 is 13.2 Å². The predicted molar refractivity (Wildman–Crippen MR) is 87.0 cm³/mol. The molecule has 23 heavy (non-hydrogen) atoms. The van der Waals surface area contributed by atoms with Gasteiger partial charge >= 0.3 is 0 Å². The molecule has 1 aliphatic heterocycles. The number of morpholine rings is 1. The van der Waals surface area contributed by atoms with Crippen molar-refractivity contribution >= 4 is 9.84 Å². The van der Waals surface area contributed by atoms with Crippen molar-refractivity contribution in [3.63, 3.8) is 0 Å². The first kappa shape index (κ1) is 16.1. The van der Waals surface area contributed by atoms with Crippen molar-refractivity contribution in [1.82, 2.24) is 9.88 Å². The molecule has 2 aromatic rings. The van der Waals surface area contributed by atoms with Gasteiger partial charge in [-0.15, -0.1) is 0 Å². The average molecular weight is 332 g/mol. The average Bonchev–Trinajstić information content (AvgIpc) is 2.56. The lowest BCUT2D eigenvalue weighted by Gasteiger charge is -2.27. The van der Waals surface area contributed by atoms with E-state index in [2.05, 4.69) is 9.88 Å². The molecular weight excluding hydrogens is 312 g/mol. The van der Waals surface area contributed by atoms with Crippen molar-refractivity contribution in [2.45, 2.75) is 23.4 Å². The van der Waals surface area contributed by atoms with Crippen LogP contribution < -0.4 is 0 Å². The highest BCUT2D eigenvalue weighted by Crippen LogP contribution is 2.23. The second-order valence-electron chi connectivity index (χ2n) is 5.67. The third-order valence-corrected chi connectivity index (χ3v) is 5.70. The van der Waals surface area contributed by atoms with Crippen LogP contribution in [0.2, 0.25) is 0 Å². The smallest absolute Gasteiger partial charge is 0.224 e. The number of ether oxygens (including phenoxy) is 1. The molecule has 0 aliphatic carbocycles. The Balaban J connectivity index is 1.94. The monoisotopic (exact) mass is 332 g/mol. The molecular formula is C17H20N2O3S. The Hall–Kier alpha value is -1.76. The maximum Gasteiger partial charge on any atom is 0.224 e. The Labute approximate surface area is 136 Å².